The third-order valence-electron chi connectivity index (χ3n) is 2.60. The molecule has 2 aromatic rings. The number of aromatic nitrogens is 2. The van der Waals surface area contributed by atoms with E-state index in [-0.39, 0.29) is 0 Å². The van der Waals surface area contributed by atoms with Gasteiger partial charge in [0.1, 0.15) is 0 Å². The van der Waals surface area contributed by atoms with Gasteiger partial charge in [-0.3, -0.25) is 9.52 Å². The average molecular weight is 245 g/mol. The largest absolute Gasteiger partial charge is 0.297 e. The van der Waals surface area contributed by atoms with Crippen LogP contribution in [-0.2, 0) is 24.5 Å². The highest BCUT2D eigenvalue weighted by Crippen LogP contribution is 2.01. The normalized spacial score (nSPS) is 10.7. The van der Waals surface area contributed by atoms with Crippen LogP contribution in [0.1, 0.15) is 24.5 Å². The summed E-state index contributed by atoms with van der Waals surface area (Å²) in [7, 11) is 0. The molecule has 1 heterocycles. The average Bonchev–Trinajstić information content (AvgIpc) is 2.84. The van der Waals surface area contributed by atoms with E-state index in [2.05, 4.69) is 17.5 Å². The SMILES string of the molecule is CCCn1cc(CNOCc2ccccc2)cn1. The van der Waals surface area contributed by atoms with E-state index in [9.17, 15) is 0 Å². The Hall–Kier alpha value is -1.65. The summed E-state index contributed by atoms with van der Waals surface area (Å²) >= 11 is 0. The van der Waals surface area contributed by atoms with Gasteiger partial charge in [0.15, 0.2) is 0 Å². The molecule has 0 aliphatic rings. The molecule has 2 rings (SSSR count). The van der Waals surface area contributed by atoms with Gasteiger partial charge in [0.25, 0.3) is 0 Å². The highest BCUT2D eigenvalue weighted by atomic mass is 16.6. The summed E-state index contributed by atoms with van der Waals surface area (Å²) in [5, 5.41) is 4.26. The number of aryl methyl sites for hydroxylation is 1. The van der Waals surface area contributed by atoms with Gasteiger partial charge in [-0.1, -0.05) is 37.3 Å². The first kappa shape index (κ1) is 12.8. The van der Waals surface area contributed by atoms with Gasteiger partial charge in [-0.15, -0.1) is 0 Å². The minimum Gasteiger partial charge on any atom is -0.297 e. The predicted molar refractivity (Wildman–Crippen MR) is 70.6 cm³/mol. The number of hydrogen-bond acceptors (Lipinski definition) is 3. The van der Waals surface area contributed by atoms with Crippen LogP contribution in [0.5, 0.6) is 0 Å². The summed E-state index contributed by atoms with van der Waals surface area (Å²) in [6.07, 6.45) is 5.01. The first-order valence-electron chi connectivity index (χ1n) is 6.28. The Morgan fingerprint density at radius 1 is 1.22 bits per heavy atom. The molecule has 0 saturated carbocycles. The summed E-state index contributed by atoms with van der Waals surface area (Å²) in [6, 6.07) is 10.1. The fourth-order valence-electron chi connectivity index (χ4n) is 1.69. The summed E-state index contributed by atoms with van der Waals surface area (Å²) in [5.41, 5.74) is 5.25. The lowest BCUT2D eigenvalue weighted by Crippen LogP contribution is -2.13. The van der Waals surface area contributed by atoms with Crippen molar-refractivity contribution in [3.05, 3.63) is 53.9 Å². The van der Waals surface area contributed by atoms with E-state index in [0.29, 0.717) is 13.2 Å². The van der Waals surface area contributed by atoms with E-state index in [1.165, 1.54) is 0 Å². The molecule has 1 aromatic heterocycles. The van der Waals surface area contributed by atoms with Crippen molar-refractivity contribution >= 4 is 0 Å². The summed E-state index contributed by atoms with van der Waals surface area (Å²) in [6.45, 7) is 4.36. The van der Waals surface area contributed by atoms with Gasteiger partial charge >= 0.3 is 0 Å². The van der Waals surface area contributed by atoms with Crippen molar-refractivity contribution < 1.29 is 4.84 Å². The van der Waals surface area contributed by atoms with Crippen LogP contribution >= 0.6 is 0 Å². The summed E-state index contributed by atoms with van der Waals surface area (Å²) < 4.78 is 1.95. The van der Waals surface area contributed by atoms with Crippen LogP contribution in [0.4, 0.5) is 0 Å². The number of hydrogen-bond donors (Lipinski definition) is 1. The molecule has 18 heavy (non-hydrogen) atoms. The van der Waals surface area contributed by atoms with Crippen LogP contribution in [0.15, 0.2) is 42.7 Å². The summed E-state index contributed by atoms with van der Waals surface area (Å²) in [4.78, 5) is 5.41. The maximum absolute atomic E-state index is 5.41. The Morgan fingerprint density at radius 3 is 2.83 bits per heavy atom. The Bertz CT molecular complexity index is 453. The highest BCUT2D eigenvalue weighted by molar-refractivity contribution is 5.13. The molecule has 96 valence electrons. The van der Waals surface area contributed by atoms with Gasteiger partial charge in [0.05, 0.1) is 12.8 Å². The standard InChI is InChI=1S/C14H19N3O/c1-2-8-17-11-14(9-15-17)10-16-18-12-13-6-4-3-5-7-13/h3-7,9,11,16H,2,8,10,12H2,1H3. The zero-order valence-corrected chi connectivity index (χ0v) is 10.7. The quantitative estimate of drug-likeness (QED) is 0.602. The molecular formula is C14H19N3O. The van der Waals surface area contributed by atoms with E-state index in [1.807, 2.05) is 47.4 Å². The molecule has 0 radical (unpaired) electrons. The second kappa shape index (κ2) is 6.93. The lowest BCUT2D eigenvalue weighted by molar-refractivity contribution is 0.0235. The third kappa shape index (κ3) is 3.98. The lowest BCUT2D eigenvalue weighted by atomic mass is 10.2. The number of benzene rings is 1. The summed E-state index contributed by atoms with van der Waals surface area (Å²) in [5.74, 6) is 0. The van der Waals surface area contributed by atoms with Crippen LogP contribution in [0, 0.1) is 0 Å². The molecule has 1 aromatic carbocycles. The predicted octanol–water partition coefficient (Wildman–Crippen LogP) is 2.51. The van der Waals surface area contributed by atoms with Gasteiger partial charge in [-0.25, -0.2) is 0 Å². The number of nitrogens with zero attached hydrogens (tertiary/aromatic N) is 2. The van der Waals surface area contributed by atoms with Crippen molar-refractivity contribution in [2.75, 3.05) is 0 Å². The minimum atomic E-state index is 0.573. The second-order valence-electron chi connectivity index (χ2n) is 4.21. The molecule has 0 spiro atoms. The van der Waals surface area contributed by atoms with E-state index in [0.717, 1.165) is 24.1 Å². The third-order valence-corrected chi connectivity index (χ3v) is 2.60. The molecule has 0 bridgehead atoms. The van der Waals surface area contributed by atoms with Crippen molar-refractivity contribution in [2.45, 2.75) is 33.0 Å². The van der Waals surface area contributed by atoms with Crippen LogP contribution in [0.3, 0.4) is 0 Å². The molecule has 0 atom stereocenters. The molecule has 0 saturated heterocycles. The smallest absolute Gasteiger partial charge is 0.0933 e. The zero-order valence-electron chi connectivity index (χ0n) is 10.7. The van der Waals surface area contributed by atoms with Crippen LogP contribution in [0.2, 0.25) is 0 Å². The van der Waals surface area contributed by atoms with Crippen molar-refractivity contribution in [1.29, 1.82) is 0 Å². The monoisotopic (exact) mass is 245 g/mol. The number of hydroxylamine groups is 1. The van der Waals surface area contributed by atoms with Crippen LogP contribution in [-0.4, -0.2) is 9.78 Å². The van der Waals surface area contributed by atoms with Crippen molar-refractivity contribution in [2.24, 2.45) is 0 Å². The fraction of sp³-hybridized carbons (Fsp3) is 0.357. The zero-order chi connectivity index (χ0) is 12.6. The molecule has 1 N–H and O–H groups in total. The Balaban J connectivity index is 1.68. The van der Waals surface area contributed by atoms with Gasteiger partial charge in [0.2, 0.25) is 0 Å². The van der Waals surface area contributed by atoms with Gasteiger partial charge in [0, 0.05) is 24.8 Å². The molecular weight excluding hydrogens is 226 g/mol. The molecule has 0 aliphatic carbocycles. The Morgan fingerprint density at radius 2 is 2.06 bits per heavy atom. The van der Waals surface area contributed by atoms with Crippen molar-refractivity contribution in [1.82, 2.24) is 15.3 Å². The molecule has 0 aliphatic heterocycles. The number of rotatable bonds is 7. The van der Waals surface area contributed by atoms with Crippen molar-refractivity contribution in [3.63, 3.8) is 0 Å². The first-order chi connectivity index (χ1) is 8.88. The first-order valence-corrected chi connectivity index (χ1v) is 6.28. The van der Waals surface area contributed by atoms with E-state index in [4.69, 9.17) is 4.84 Å². The van der Waals surface area contributed by atoms with E-state index >= 15 is 0 Å². The van der Waals surface area contributed by atoms with Crippen LogP contribution in [0.25, 0.3) is 0 Å². The van der Waals surface area contributed by atoms with E-state index < -0.39 is 0 Å². The lowest BCUT2D eigenvalue weighted by Gasteiger charge is -2.04. The second-order valence-corrected chi connectivity index (χ2v) is 4.21. The fourth-order valence-corrected chi connectivity index (χ4v) is 1.69. The van der Waals surface area contributed by atoms with E-state index in [1.54, 1.807) is 0 Å². The molecule has 0 fully saturated rings. The molecule has 0 unspecified atom stereocenters. The Labute approximate surface area is 108 Å². The van der Waals surface area contributed by atoms with Crippen LogP contribution < -0.4 is 5.48 Å². The van der Waals surface area contributed by atoms with Gasteiger partial charge in [-0.2, -0.15) is 10.6 Å². The highest BCUT2D eigenvalue weighted by Gasteiger charge is 1.98. The molecule has 4 nitrogen and oxygen atoms in total. The van der Waals surface area contributed by atoms with Gasteiger partial charge in [-0.05, 0) is 12.0 Å². The minimum absolute atomic E-state index is 0.573. The number of nitrogens with one attached hydrogen (secondary N) is 1. The van der Waals surface area contributed by atoms with Crippen molar-refractivity contribution in [3.8, 4) is 0 Å². The molecule has 4 heteroatoms. The Kier molecular flexibility index (Phi) is 4.93. The topological polar surface area (TPSA) is 39.1 Å². The maximum atomic E-state index is 5.41. The van der Waals surface area contributed by atoms with Gasteiger partial charge < -0.3 is 0 Å². The molecule has 0 amide bonds. The maximum Gasteiger partial charge on any atom is 0.0933 e.